The summed E-state index contributed by atoms with van der Waals surface area (Å²) in [5.41, 5.74) is 1.20. The van der Waals surface area contributed by atoms with Gasteiger partial charge in [0.2, 0.25) is 5.91 Å². The summed E-state index contributed by atoms with van der Waals surface area (Å²) in [4.78, 5) is 22.9. The van der Waals surface area contributed by atoms with Crippen molar-refractivity contribution >= 4 is 33.3 Å². The Morgan fingerprint density at radius 1 is 1.42 bits per heavy atom. The van der Waals surface area contributed by atoms with E-state index in [9.17, 15) is 9.59 Å². The first kappa shape index (κ1) is 13.5. The third-order valence-electron chi connectivity index (χ3n) is 2.45. The SMILES string of the molecule is CC(=O)c1cnn(CC(=O)Nc2cccc(Br)c2)c1. The molecule has 98 valence electrons. The minimum absolute atomic E-state index is 0.0692. The summed E-state index contributed by atoms with van der Waals surface area (Å²) in [6.45, 7) is 1.53. The minimum atomic E-state index is -0.198. The Morgan fingerprint density at radius 3 is 2.84 bits per heavy atom. The van der Waals surface area contributed by atoms with Crippen molar-refractivity contribution in [3.63, 3.8) is 0 Å². The highest BCUT2D eigenvalue weighted by molar-refractivity contribution is 9.10. The maximum absolute atomic E-state index is 11.8. The van der Waals surface area contributed by atoms with Crippen LogP contribution in [0.15, 0.2) is 41.1 Å². The van der Waals surface area contributed by atoms with Crippen molar-refractivity contribution < 1.29 is 9.59 Å². The van der Waals surface area contributed by atoms with Gasteiger partial charge in [-0.2, -0.15) is 5.10 Å². The van der Waals surface area contributed by atoms with E-state index in [-0.39, 0.29) is 18.2 Å². The second kappa shape index (κ2) is 5.79. The molecule has 0 atom stereocenters. The van der Waals surface area contributed by atoms with Crippen LogP contribution < -0.4 is 5.32 Å². The van der Waals surface area contributed by atoms with Crippen molar-refractivity contribution in [2.75, 3.05) is 5.32 Å². The van der Waals surface area contributed by atoms with Crippen LogP contribution in [0.1, 0.15) is 17.3 Å². The Morgan fingerprint density at radius 2 is 2.21 bits per heavy atom. The van der Waals surface area contributed by atoms with Crippen LogP contribution in [0.4, 0.5) is 5.69 Å². The van der Waals surface area contributed by atoms with Crippen molar-refractivity contribution in [1.82, 2.24) is 9.78 Å². The molecule has 0 saturated heterocycles. The van der Waals surface area contributed by atoms with E-state index < -0.39 is 0 Å². The molecule has 1 amide bonds. The number of amides is 1. The fourth-order valence-electron chi connectivity index (χ4n) is 1.55. The predicted molar refractivity (Wildman–Crippen MR) is 75.0 cm³/mol. The maximum atomic E-state index is 11.8. The van der Waals surface area contributed by atoms with Gasteiger partial charge in [-0.1, -0.05) is 22.0 Å². The molecular weight excluding hydrogens is 310 g/mol. The van der Waals surface area contributed by atoms with Gasteiger partial charge < -0.3 is 5.32 Å². The summed E-state index contributed by atoms with van der Waals surface area (Å²) in [5, 5.41) is 6.72. The third-order valence-corrected chi connectivity index (χ3v) is 2.95. The number of nitrogens with one attached hydrogen (secondary N) is 1. The van der Waals surface area contributed by atoms with Crippen molar-refractivity contribution in [2.45, 2.75) is 13.5 Å². The fourth-order valence-corrected chi connectivity index (χ4v) is 1.94. The van der Waals surface area contributed by atoms with E-state index >= 15 is 0 Å². The number of aromatic nitrogens is 2. The van der Waals surface area contributed by atoms with Crippen LogP contribution >= 0.6 is 15.9 Å². The molecule has 0 fully saturated rings. The third kappa shape index (κ3) is 3.75. The molecular formula is C13H12BrN3O2. The number of benzene rings is 1. The summed E-state index contributed by atoms with van der Waals surface area (Å²) < 4.78 is 2.33. The zero-order valence-electron chi connectivity index (χ0n) is 10.3. The molecule has 19 heavy (non-hydrogen) atoms. The van der Waals surface area contributed by atoms with Gasteiger partial charge in [-0.15, -0.1) is 0 Å². The highest BCUT2D eigenvalue weighted by atomic mass is 79.9. The molecule has 0 aliphatic heterocycles. The quantitative estimate of drug-likeness (QED) is 0.880. The summed E-state index contributed by atoms with van der Waals surface area (Å²) in [6, 6.07) is 7.32. The number of nitrogens with zero attached hydrogens (tertiary/aromatic N) is 2. The summed E-state index contributed by atoms with van der Waals surface area (Å²) in [5.74, 6) is -0.269. The lowest BCUT2D eigenvalue weighted by atomic mass is 10.3. The first-order valence-corrected chi connectivity index (χ1v) is 6.43. The van der Waals surface area contributed by atoms with Crippen LogP contribution in [-0.4, -0.2) is 21.5 Å². The second-order valence-electron chi connectivity index (χ2n) is 4.04. The van der Waals surface area contributed by atoms with E-state index in [0.717, 1.165) is 4.47 Å². The fraction of sp³-hybridized carbons (Fsp3) is 0.154. The zero-order valence-corrected chi connectivity index (χ0v) is 11.8. The lowest BCUT2D eigenvalue weighted by Gasteiger charge is -2.05. The number of Topliss-reactive ketones (excluding diaryl/α,β-unsaturated/α-hetero) is 1. The molecule has 0 spiro atoms. The highest BCUT2D eigenvalue weighted by Gasteiger charge is 2.07. The molecule has 1 heterocycles. The number of anilines is 1. The standard InChI is InChI=1S/C13H12BrN3O2/c1-9(18)10-6-15-17(7-10)8-13(19)16-12-4-2-3-11(14)5-12/h2-7H,8H2,1H3,(H,16,19). The van der Waals surface area contributed by atoms with Crippen LogP contribution in [0, 0.1) is 0 Å². The zero-order chi connectivity index (χ0) is 13.8. The van der Waals surface area contributed by atoms with Crippen LogP contribution in [0.25, 0.3) is 0 Å². The van der Waals surface area contributed by atoms with Crippen LogP contribution in [0.2, 0.25) is 0 Å². The van der Waals surface area contributed by atoms with E-state index in [1.807, 2.05) is 18.2 Å². The van der Waals surface area contributed by atoms with Gasteiger partial charge in [-0.25, -0.2) is 0 Å². The number of carbonyl (C=O) groups excluding carboxylic acids is 2. The lowest BCUT2D eigenvalue weighted by molar-refractivity contribution is -0.116. The van der Waals surface area contributed by atoms with Gasteiger partial charge in [0.15, 0.2) is 5.78 Å². The summed E-state index contributed by atoms with van der Waals surface area (Å²) in [6.07, 6.45) is 3.01. The molecule has 2 aromatic rings. The summed E-state index contributed by atoms with van der Waals surface area (Å²) >= 11 is 3.33. The topological polar surface area (TPSA) is 64.0 Å². The first-order chi connectivity index (χ1) is 9.04. The monoisotopic (exact) mass is 321 g/mol. The van der Waals surface area contributed by atoms with Crippen molar-refractivity contribution in [1.29, 1.82) is 0 Å². The molecule has 1 N–H and O–H groups in total. The molecule has 5 nitrogen and oxygen atoms in total. The van der Waals surface area contributed by atoms with Gasteiger partial charge in [0.25, 0.3) is 0 Å². The Kier molecular flexibility index (Phi) is 4.11. The molecule has 0 aliphatic carbocycles. The number of carbonyl (C=O) groups is 2. The minimum Gasteiger partial charge on any atom is -0.324 e. The highest BCUT2D eigenvalue weighted by Crippen LogP contribution is 2.15. The lowest BCUT2D eigenvalue weighted by Crippen LogP contribution is -2.19. The molecule has 0 bridgehead atoms. The van der Waals surface area contributed by atoms with Crippen molar-refractivity contribution in [3.05, 3.63) is 46.7 Å². The van der Waals surface area contributed by atoms with Crippen molar-refractivity contribution in [3.8, 4) is 0 Å². The second-order valence-corrected chi connectivity index (χ2v) is 4.96. The molecule has 0 unspecified atom stereocenters. The molecule has 1 aromatic heterocycles. The number of rotatable bonds is 4. The number of ketones is 1. The Labute approximate surface area is 118 Å². The summed E-state index contributed by atoms with van der Waals surface area (Å²) in [7, 11) is 0. The molecule has 1 aromatic carbocycles. The molecule has 0 radical (unpaired) electrons. The van der Waals surface area contributed by atoms with E-state index in [0.29, 0.717) is 11.3 Å². The van der Waals surface area contributed by atoms with Crippen LogP contribution in [0.3, 0.4) is 0 Å². The largest absolute Gasteiger partial charge is 0.324 e. The first-order valence-electron chi connectivity index (χ1n) is 5.63. The van der Waals surface area contributed by atoms with Gasteiger partial charge in [0, 0.05) is 16.4 Å². The van der Waals surface area contributed by atoms with Gasteiger partial charge >= 0.3 is 0 Å². The van der Waals surface area contributed by atoms with Gasteiger partial charge in [-0.3, -0.25) is 14.3 Å². The predicted octanol–water partition coefficient (Wildman–Crippen LogP) is 2.49. The van der Waals surface area contributed by atoms with Gasteiger partial charge in [0.1, 0.15) is 6.54 Å². The molecule has 0 aliphatic rings. The van der Waals surface area contributed by atoms with Crippen LogP contribution in [-0.2, 0) is 11.3 Å². The Balaban J connectivity index is 1.99. The van der Waals surface area contributed by atoms with Crippen LogP contribution in [0.5, 0.6) is 0 Å². The molecule has 0 saturated carbocycles. The average Bonchev–Trinajstić information content (AvgIpc) is 2.77. The Bertz CT molecular complexity index is 622. The van der Waals surface area contributed by atoms with E-state index in [1.165, 1.54) is 17.8 Å². The number of hydrogen-bond acceptors (Lipinski definition) is 3. The Hall–Kier alpha value is -1.95. The van der Waals surface area contributed by atoms with E-state index in [1.54, 1.807) is 12.3 Å². The van der Waals surface area contributed by atoms with Crippen molar-refractivity contribution in [2.24, 2.45) is 0 Å². The molecule has 6 heteroatoms. The number of hydrogen-bond donors (Lipinski definition) is 1. The van der Waals surface area contributed by atoms with Gasteiger partial charge in [-0.05, 0) is 25.1 Å². The van der Waals surface area contributed by atoms with Gasteiger partial charge in [0.05, 0.1) is 11.8 Å². The normalized spacial score (nSPS) is 10.2. The smallest absolute Gasteiger partial charge is 0.246 e. The van der Waals surface area contributed by atoms with E-state index in [2.05, 4.69) is 26.3 Å². The molecule has 2 rings (SSSR count). The average molecular weight is 322 g/mol. The number of halogens is 1. The van der Waals surface area contributed by atoms with E-state index in [4.69, 9.17) is 0 Å². The maximum Gasteiger partial charge on any atom is 0.246 e.